The average molecular weight is 210 g/mol. The smallest absolute Gasteiger partial charge is 0.216 e. The van der Waals surface area contributed by atoms with Crippen molar-refractivity contribution in [2.45, 2.75) is 39.2 Å². The zero-order chi connectivity index (χ0) is 11.3. The summed E-state index contributed by atoms with van der Waals surface area (Å²) in [6, 6.07) is 2.15. The van der Waals surface area contributed by atoms with Crippen LogP contribution in [0, 0.1) is 5.95 Å². The van der Waals surface area contributed by atoms with Gasteiger partial charge in [0.15, 0.2) is 0 Å². The van der Waals surface area contributed by atoms with Crippen LogP contribution in [0.3, 0.4) is 0 Å². The van der Waals surface area contributed by atoms with Crippen LogP contribution < -0.4 is 5.32 Å². The maximum absolute atomic E-state index is 13.4. The first-order valence-corrected chi connectivity index (χ1v) is 5.55. The van der Waals surface area contributed by atoms with Gasteiger partial charge in [0.25, 0.3) is 0 Å². The van der Waals surface area contributed by atoms with E-state index in [1.54, 1.807) is 6.20 Å². The van der Waals surface area contributed by atoms with Crippen molar-refractivity contribution < 1.29 is 4.39 Å². The molecule has 84 valence electrons. The summed E-state index contributed by atoms with van der Waals surface area (Å²) < 4.78 is 13.4. The van der Waals surface area contributed by atoms with Gasteiger partial charge < -0.3 is 5.32 Å². The third-order valence-corrected chi connectivity index (χ3v) is 2.69. The predicted molar refractivity (Wildman–Crippen MR) is 60.3 cm³/mol. The number of hydrogen-bond donors (Lipinski definition) is 1. The van der Waals surface area contributed by atoms with Crippen LogP contribution in [0.25, 0.3) is 0 Å². The van der Waals surface area contributed by atoms with Crippen LogP contribution in [-0.4, -0.2) is 12.0 Å². The van der Waals surface area contributed by atoms with Crippen molar-refractivity contribution in [3.63, 3.8) is 0 Å². The van der Waals surface area contributed by atoms with E-state index in [0.29, 0.717) is 6.42 Å². The summed E-state index contributed by atoms with van der Waals surface area (Å²) in [6.07, 6.45) is 4.34. The number of aromatic nitrogens is 1. The largest absolute Gasteiger partial charge is 0.313 e. The van der Waals surface area contributed by atoms with E-state index < -0.39 is 0 Å². The minimum atomic E-state index is -0.327. The number of nitrogens with zero attached hydrogens (tertiary/aromatic N) is 1. The molecule has 1 aromatic heterocycles. The van der Waals surface area contributed by atoms with Crippen molar-refractivity contribution in [2.75, 3.05) is 7.05 Å². The number of nitrogens with one attached hydrogen (secondary N) is 1. The highest BCUT2D eigenvalue weighted by atomic mass is 19.1. The monoisotopic (exact) mass is 210 g/mol. The van der Waals surface area contributed by atoms with Gasteiger partial charge in [-0.1, -0.05) is 20.3 Å². The van der Waals surface area contributed by atoms with Crippen molar-refractivity contribution in [1.82, 2.24) is 10.3 Å². The van der Waals surface area contributed by atoms with E-state index in [1.165, 1.54) is 0 Å². The van der Waals surface area contributed by atoms with Crippen molar-refractivity contribution in [3.05, 3.63) is 29.3 Å². The topological polar surface area (TPSA) is 24.9 Å². The molecule has 0 radical (unpaired) electrons. The lowest BCUT2D eigenvalue weighted by Crippen LogP contribution is -2.18. The zero-order valence-electron chi connectivity index (χ0n) is 9.68. The highest BCUT2D eigenvalue weighted by Gasteiger charge is 2.15. The van der Waals surface area contributed by atoms with Gasteiger partial charge in [0.05, 0.1) is 0 Å². The molecule has 1 N–H and O–H groups in total. The highest BCUT2D eigenvalue weighted by Crippen LogP contribution is 2.23. The second-order valence-corrected chi connectivity index (χ2v) is 3.65. The van der Waals surface area contributed by atoms with Crippen LogP contribution in [0.15, 0.2) is 12.3 Å². The van der Waals surface area contributed by atoms with Crippen LogP contribution >= 0.6 is 0 Å². The molecule has 1 aromatic rings. The van der Waals surface area contributed by atoms with E-state index in [4.69, 9.17) is 0 Å². The minimum Gasteiger partial charge on any atom is -0.313 e. The first-order chi connectivity index (χ1) is 7.24. The lowest BCUT2D eigenvalue weighted by atomic mass is 9.97. The average Bonchev–Trinajstić information content (AvgIpc) is 2.25. The summed E-state index contributed by atoms with van der Waals surface area (Å²) in [6.45, 7) is 4.09. The summed E-state index contributed by atoms with van der Waals surface area (Å²) in [7, 11) is 1.91. The third kappa shape index (κ3) is 2.75. The summed E-state index contributed by atoms with van der Waals surface area (Å²) >= 11 is 0. The van der Waals surface area contributed by atoms with E-state index in [0.717, 1.165) is 24.0 Å². The summed E-state index contributed by atoms with van der Waals surface area (Å²) in [5, 5.41) is 3.23. The molecule has 1 rings (SSSR count). The molecule has 0 aliphatic heterocycles. The Labute approximate surface area is 90.9 Å². The number of rotatable bonds is 5. The summed E-state index contributed by atoms with van der Waals surface area (Å²) in [5.74, 6) is -0.327. The SMILES string of the molecule is CCCC(NC)c1ccnc(F)c1CC. The molecule has 15 heavy (non-hydrogen) atoms. The second-order valence-electron chi connectivity index (χ2n) is 3.65. The molecule has 1 heterocycles. The minimum absolute atomic E-state index is 0.238. The Balaban J connectivity index is 3.04. The van der Waals surface area contributed by atoms with E-state index in [1.807, 2.05) is 20.0 Å². The van der Waals surface area contributed by atoms with Gasteiger partial charge in [0.2, 0.25) is 5.95 Å². The van der Waals surface area contributed by atoms with Crippen molar-refractivity contribution >= 4 is 0 Å². The molecule has 3 heteroatoms. The molecule has 0 bridgehead atoms. The zero-order valence-corrected chi connectivity index (χ0v) is 9.68. The van der Waals surface area contributed by atoms with E-state index in [-0.39, 0.29) is 12.0 Å². The normalized spacial score (nSPS) is 12.8. The van der Waals surface area contributed by atoms with Gasteiger partial charge in [-0.3, -0.25) is 0 Å². The van der Waals surface area contributed by atoms with Crippen LogP contribution in [0.1, 0.15) is 43.9 Å². The van der Waals surface area contributed by atoms with Crippen LogP contribution in [0.2, 0.25) is 0 Å². The van der Waals surface area contributed by atoms with Gasteiger partial charge in [-0.25, -0.2) is 4.98 Å². The molecule has 0 aromatic carbocycles. The third-order valence-electron chi connectivity index (χ3n) is 2.69. The predicted octanol–water partition coefficient (Wildman–Crippen LogP) is 2.84. The molecule has 0 aliphatic rings. The Morgan fingerprint density at radius 1 is 1.47 bits per heavy atom. The maximum atomic E-state index is 13.4. The van der Waals surface area contributed by atoms with Crippen LogP contribution in [0.5, 0.6) is 0 Å². The molecule has 0 aliphatic carbocycles. The fourth-order valence-electron chi connectivity index (χ4n) is 1.90. The second kappa shape index (κ2) is 5.81. The Morgan fingerprint density at radius 2 is 2.20 bits per heavy atom. The lowest BCUT2D eigenvalue weighted by molar-refractivity contribution is 0.516. The van der Waals surface area contributed by atoms with Gasteiger partial charge >= 0.3 is 0 Å². The number of halogens is 1. The number of pyridine rings is 1. The standard InChI is InChI=1S/C12H19FN2/c1-4-6-11(14-3)10-7-8-15-12(13)9(10)5-2/h7-8,11,14H,4-6H2,1-3H3. The van der Waals surface area contributed by atoms with E-state index in [9.17, 15) is 4.39 Å². The van der Waals surface area contributed by atoms with Crippen molar-refractivity contribution in [2.24, 2.45) is 0 Å². The molecule has 0 amide bonds. The highest BCUT2D eigenvalue weighted by molar-refractivity contribution is 5.27. The van der Waals surface area contributed by atoms with Gasteiger partial charge in [-0.15, -0.1) is 0 Å². The summed E-state index contributed by atoms with van der Waals surface area (Å²) in [5.41, 5.74) is 1.79. The van der Waals surface area contributed by atoms with Gasteiger partial charge in [-0.05, 0) is 31.5 Å². The van der Waals surface area contributed by atoms with Crippen molar-refractivity contribution in [3.8, 4) is 0 Å². The van der Waals surface area contributed by atoms with Crippen molar-refractivity contribution in [1.29, 1.82) is 0 Å². The fourth-order valence-corrected chi connectivity index (χ4v) is 1.90. The molecule has 2 nitrogen and oxygen atoms in total. The Bertz CT molecular complexity index is 312. The van der Waals surface area contributed by atoms with Crippen LogP contribution in [-0.2, 0) is 6.42 Å². The Morgan fingerprint density at radius 3 is 2.73 bits per heavy atom. The van der Waals surface area contributed by atoms with Crippen LogP contribution in [0.4, 0.5) is 4.39 Å². The number of hydrogen-bond acceptors (Lipinski definition) is 2. The van der Waals surface area contributed by atoms with E-state index in [2.05, 4.69) is 17.2 Å². The maximum Gasteiger partial charge on any atom is 0.216 e. The quantitative estimate of drug-likeness (QED) is 0.756. The Hall–Kier alpha value is -0.960. The Kier molecular flexibility index (Phi) is 4.69. The molecular formula is C12H19FN2. The molecule has 0 saturated heterocycles. The lowest BCUT2D eigenvalue weighted by Gasteiger charge is -2.18. The first-order valence-electron chi connectivity index (χ1n) is 5.55. The fraction of sp³-hybridized carbons (Fsp3) is 0.583. The molecule has 0 fully saturated rings. The molecular weight excluding hydrogens is 191 g/mol. The molecule has 1 unspecified atom stereocenters. The first kappa shape index (κ1) is 12.1. The van der Waals surface area contributed by atoms with E-state index >= 15 is 0 Å². The van der Waals surface area contributed by atoms with Gasteiger partial charge in [-0.2, -0.15) is 4.39 Å². The molecule has 1 atom stereocenters. The van der Waals surface area contributed by atoms with Gasteiger partial charge in [0, 0.05) is 17.8 Å². The van der Waals surface area contributed by atoms with Gasteiger partial charge in [0.1, 0.15) is 0 Å². The summed E-state index contributed by atoms with van der Waals surface area (Å²) in [4.78, 5) is 3.69. The molecule has 0 spiro atoms. The molecule has 0 saturated carbocycles.